The van der Waals surface area contributed by atoms with Crippen LogP contribution in [0.15, 0.2) is 18.2 Å². The number of piperazine rings is 1. The molecule has 1 amide bonds. The van der Waals surface area contributed by atoms with Gasteiger partial charge in [-0.3, -0.25) is 4.79 Å². The summed E-state index contributed by atoms with van der Waals surface area (Å²) in [5, 5.41) is 5.97. The van der Waals surface area contributed by atoms with Gasteiger partial charge in [0.15, 0.2) is 0 Å². The summed E-state index contributed by atoms with van der Waals surface area (Å²) in [7, 11) is 1.84. The number of anilines is 1. The summed E-state index contributed by atoms with van der Waals surface area (Å²) in [6.07, 6.45) is 0. The van der Waals surface area contributed by atoms with Crippen LogP contribution >= 0.6 is 0 Å². The number of halogens is 1. The molecule has 0 saturated carbocycles. The lowest BCUT2D eigenvalue weighted by Gasteiger charge is -2.44. The second kappa shape index (κ2) is 5.40. The molecule has 5 heteroatoms. The fourth-order valence-electron chi connectivity index (χ4n) is 2.61. The van der Waals surface area contributed by atoms with E-state index in [-0.39, 0.29) is 17.8 Å². The number of hydrogen-bond donors (Lipinski definition) is 2. The van der Waals surface area contributed by atoms with Gasteiger partial charge in [0.05, 0.1) is 5.69 Å². The van der Waals surface area contributed by atoms with Crippen molar-refractivity contribution in [3.63, 3.8) is 0 Å². The molecule has 1 aliphatic rings. The van der Waals surface area contributed by atoms with Gasteiger partial charge in [0.1, 0.15) is 11.4 Å². The first-order chi connectivity index (χ1) is 9.39. The quantitative estimate of drug-likeness (QED) is 0.887. The Kier molecular flexibility index (Phi) is 3.99. The average molecular weight is 279 g/mol. The zero-order chi connectivity index (χ0) is 14.9. The predicted molar refractivity (Wildman–Crippen MR) is 78.3 cm³/mol. The maximum atomic E-state index is 14.4. The Morgan fingerprint density at radius 3 is 2.80 bits per heavy atom. The van der Waals surface area contributed by atoms with Crippen LogP contribution in [0, 0.1) is 5.82 Å². The van der Waals surface area contributed by atoms with Gasteiger partial charge in [-0.25, -0.2) is 4.39 Å². The van der Waals surface area contributed by atoms with Crippen molar-refractivity contribution in [2.45, 2.75) is 32.4 Å². The lowest BCUT2D eigenvalue weighted by molar-refractivity contribution is -0.126. The maximum absolute atomic E-state index is 14.4. The van der Waals surface area contributed by atoms with Crippen LogP contribution in [0.1, 0.15) is 32.4 Å². The first-order valence-corrected chi connectivity index (χ1v) is 6.91. The van der Waals surface area contributed by atoms with Gasteiger partial charge in [-0.2, -0.15) is 0 Å². The van der Waals surface area contributed by atoms with Crippen LogP contribution in [-0.4, -0.2) is 31.6 Å². The summed E-state index contributed by atoms with van der Waals surface area (Å²) >= 11 is 0. The second-order valence-electron chi connectivity index (χ2n) is 5.65. The minimum absolute atomic E-state index is 0.0153. The first-order valence-electron chi connectivity index (χ1n) is 6.91. The van der Waals surface area contributed by atoms with Crippen molar-refractivity contribution in [1.29, 1.82) is 0 Å². The van der Waals surface area contributed by atoms with E-state index in [0.717, 1.165) is 5.56 Å². The molecule has 0 aromatic heterocycles. The Morgan fingerprint density at radius 1 is 1.45 bits per heavy atom. The monoisotopic (exact) mass is 279 g/mol. The van der Waals surface area contributed by atoms with Gasteiger partial charge in [0, 0.05) is 19.1 Å². The van der Waals surface area contributed by atoms with Crippen molar-refractivity contribution in [2.24, 2.45) is 0 Å². The highest BCUT2D eigenvalue weighted by atomic mass is 19.1. The summed E-state index contributed by atoms with van der Waals surface area (Å²) in [6.45, 7) is 6.76. The first kappa shape index (κ1) is 14.8. The molecule has 4 nitrogen and oxygen atoms in total. The number of carbonyl (C=O) groups excluding carboxylic acids is 1. The molecule has 0 bridgehead atoms. The standard InChI is InChI=1S/C15H22FN3O/c1-10(17-4)11-6-5-7-12(16)13(11)19-9-8-18-14(20)15(19,2)3/h5-7,10,17H,8-9H2,1-4H3,(H,18,20). The molecule has 1 aromatic carbocycles. The summed E-state index contributed by atoms with van der Waals surface area (Å²) in [5.41, 5.74) is 0.632. The van der Waals surface area contributed by atoms with Crippen LogP contribution in [0.25, 0.3) is 0 Å². The third-order valence-corrected chi connectivity index (χ3v) is 4.04. The van der Waals surface area contributed by atoms with Crippen molar-refractivity contribution in [1.82, 2.24) is 10.6 Å². The number of rotatable bonds is 3. The summed E-state index contributed by atoms with van der Waals surface area (Å²) in [5.74, 6) is -0.359. The molecule has 1 atom stereocenters. The normalized spacial score (nSPS) is 19.6. The second-order valence-corrected chi connectivity index (χ2v) is 5.65. The summed E-state index contributed by atoms with van der Waals surface area (Å²) in [4.78, 5) is 13.9. The Hall–Kier alpha value is -1.62. The van der Waals surface area contributed by atoms with Crippen LogP contribution < -0.4 is 15.5 Å². The highest BCUT2D eigenvalue weighted by molar-refractivity contribution is 5.90. The number of nitrogens with zero attached hydrogens (tertiary/aromatic N) is 1. The third kappa shape index (κ3) is 2.38. The zero-order valence-electron chi connectivity index (χ0n) is 12.5. The zero-order valence-corrected chi connectivity index (χ0v) is 12.5. The molecule has 2 rings (SSSR count). The van der Waals surface area contributed by atoms with Gasteiger partial charge in [0.2, 0.25) is 5.91 Å². The summed E-state index contributed by atoms with van der Waals surface area (Å²) in [6, 6.07) is 5.08. The van der Waals surface area contributed by atoms with E-state index >= 15 is 0 Å². The van der Waals surface area contributed by atoms with Gasteiger partial charge in [-0.15, -0.1) is 0 Å². The van der Waals surface area contributed by atoms with Crippen LogP contribution in [0.4, 0.5) is 10.1 Å². The number of amides is 1. The molecule has 20 heavy (non-hydrogen) atoms. The molecule has 1 heterocycles. The Bertz CT molecular complexity index is 516. The van der Waals surface area contributed by atoms with E-state index in [2.05, 4.69) is 10.6 Å². The van der Waals surface area contributed by atoms with E-state index in [1.165, 1.54) is 6.07 Å². The van der Waals surface area contributed by atoms with Crippen LogP contribution in [0.5, 0.6) is 0 Å². The maximum Gasteiger partial charge on any atom is 0.245 e. The SMILES string of the molecule is CNC(C)c1cccc(F)c1N1CCNC(=O)C1(C)C. The van der Waals surface area contributed by atoms with Crippen molar-refractivity contribution in [3.8, 4) is 0 Å². The lowest BCUT2D eigenvalue weighted by atomic mass is 9.95. The van der Waals surface area contributed by atoms with Gasteiger partial charge in [-0.1, -0.05) is 12.1 Å². The molecule has 0 radical (unpaired) electrons. The van der Waals surface area contributed by atoms with Crippen LogP contribution in [0.2, 0.25) is 0 Å². The van der Waals surface area contributed by atoms with E-state index in [4.69, 9.17) is 0 Å². The molecule has 1 fully saturated rings. The average Bonchev–Trinajstić information content (AvgIpc) is 2.41. The minimum atomic E-state index is -0.761. The Balaban J connectivity index is 2.53. The van der Waals surface area contributed by atoms with E-state index in [1.807, 2.05) is 38.8 Å². The fourth-order valence-corrected chi connectivity index (χ4v) is 2.61. The highest BCUT2D eigenvalue weighted by Gasteiger charge is 2.39. The van der Waals surface area contributed by atoms with E-state index < -0.39 is 5.54 Å². The molecule has 1 aromatic rings. The molecule has 0 spiro atoms. The van der Waals surface area contributed by atoms with Gasteiger partial charge in [0.25, 0.3) is 0 Å². The van der Waals surface area contributed by atoms with Crippen molar-refractivity contribution >= 4 is 11.6 Å². The van der Waals surface area contributed by atoms with Crippen molar-refractivity contribution in [2.75, 3.05) is 25.0 Å². The third-order valence-electron chi connectivity index (χ3n) is 4.04. The molecule has 1 saturated heterocycles. The van der Waals surface area contributed by atoms with Crippen LogP contribution in [-0.2, 0) is 4.79 Å². The van der Waals surface area contributed by atoms with Crippen molar-refractivity contribution in [3.05, 3.63) is 29.6 Å². The number of benzene rings is 1. The summed E-state index contributed by atoms with van der Waals surface area (Å²) < 4.78 is 14.4. The van der Waals surface area contributed by atoms with E-state index in [0.29, 0.717) is 18.8 Å². The van der Waals surface area contributed by atoms with Crippen molar-refractivity contribution < 1.29 is 9.18 Å². The molecular formula is C15H22FN3O. The fraction of sp³-hybridized carbons (Fsp3) is 0.533. The molecule has 1 aliphatic heterocycles. The molecule has 2 N–H and O–H groups in total. The highest BCUT2D eigenvalue weighted by Crippen LogP contribution is 2.34. The molecule has 110 valence electrons. The Labute approximate surface area is 119 Å². The van der Waals surface area contributed by atoms with E-state index in [9.17, 15) is 9.18 Å². The van der Waals surface area contributed by atoms with Crippen LogP contribution in [0.3, 0.4) is 0 Å². The topological polar surface area (TPSA) is 44.4 Å². The molecule has 1 unspecified atom stereocenters. The number of hydrogen-bond acceptors (Lipinski definition) is 3. The Morgan fingerprint density at radius 2 is 2.15 bits per heavy atom. The van der Waals surface area contributed by atoms with E-state index in [1.54, 1.807) is 6.07 Å². The van der Waals surface area contributed by atoms with Gasteiger partial charge < -0.3 is 15.5 Å². The lowest BCUT2D eigenvalue weighted by Crippen LogP contribution is -2.62. The largest absolute Gasteiger partial charge is 0.353 e. The minimum Gasteiger partial charge on any atom is -0.353 e. The predicted octanol–water partition coefficient (Wildman–Crippen LogP) is 1.82. The number of para-hydroxylation sites is 1. The molecule has 0 aliphatic carbocycles. The number of nitrogens with one attached hydrogen (secondary N) is 2. The van der Waals surface area contributed by atoms with Gasteiger partial charge >= 0.3 is 0 Å². The van der Waals surface area contributed by atoms with Gasteiger partial charge in [-0.05, 0) is 39.4 Å². The smallest absolute Gasteiger partial charge is 0.245 e. The number of carbonyl (C=O) groups is 1. The molecular weight excluding hydrogens is 257 g/mol.